The lowest BCUT2D eigenvalue weighted by atomic mass is 9.55. The molecule has 33 heavy (non-hydrogen) atoms. The molecule has 0 N–H and O–H groups in total. The smallest absolute Gasteiger partial charge is 0.165 e. The first-order valence-corrected chi connectivity index (χ1v) is 13.0. The van der Waals surface area contributed by atoms with E-state index in [0.717, 1.165) is 55.6 Å². The number of aryl methyl sites for hydroxylation is 2. The van der Waals surface area contributed by atoms with Crippen molar-refractivity contribution < 1.29 is 9.53 Å². The molecular formula is C29H38N2O2. The molecule has 4 atom stereocenters. The van der Waals surface area contributed by atoms with E-state index in [9.17, 15) is 4.79 Å². The van der Waals surface area contributed by atoms with Crippen LogP contribution in [0.15, 0.2) is 36.2 Å². The minimum absolute atomic E-state index is 0.200. The van der Waals surface area contributed by atoms with Crippen LogP contribution in [0.25, 0.3) is 6.08 Å². The molecular weight excluding hydrogens is 408 g/mol. The van der Waals surface area contributed by atoms with Gasteiger partial charge in [-0.25, -0.2) is 0 Å². The van der Waals surface area contributed by atoms with E-state index in [1.54, 1.807) is 4.68 Å². The first-order valence-electron chi connectivity index (χ1n) is 13.0. The highest BCUT2D eigenvalue weighted by molar-refractivity contribution is 6.05. The number of carbonyl (C=O) groups excluding carboxylic acids is 1. The van der Waals surface area contributed by atoms with Gasteiger partial charge in [0.15, 0.2) is 5.78 Å². The summed E-state index contributed by atoms with van der Waals surface area (Å²) in [6.07, 6.45) is 16.2. The van der Waals surface area contributed by atoms with Gasteiger partial charge in [0.2, 0.25) is 0 Å². The Bertz CT molecular complexity index is 1050. The monoisotopic (exact) mass is 446 g/mol. The molecule has 0 amide bonds. The van der Waals surface area contributed by atoms with Crippen molar-refractivity contribution >= 4 is 11.9 Å². The van der Waals surface area contributed by atoms with Gasteiger partial charge in [0.25, 0.3) is 0 Å². The summed E-state index contributed by atoms with van der Waals surface area (Å²) in [5, 5.41) is 4.27. The van der Waals surface area contributed by atoms with Crippen molar-refractivity contribution in [1.82, 2.24) is 9.78 Å². The number of hydrogen-bond acceptors (Lipinski definition) is 3. The van der Waals surface area contributed by atoms with Crippen LogP contribution in [0.1, 0.15) is 87.8 Å². The summed E-state index contributed by atoms with van der Waals surface area (Å²) in [5.74, 6) is 3.04. The summed E-state index contributed by atoms with van der Waals surface area (Å²) in [6.45, 7) is 5.30. The van der Waals surface area contributed by atoms with Crippen LogP contribution >= 0.6 is 0 Å². The molecule has 5 rings (SSSR count). The first-order chi connectivity index (χ1) is 16.0. The van der Waals surface area contributed by atoms with Gasteiger partial charge in [0.1, 0.15) is 5.75 Å². The molecule has 1 heterocycles. The lowest BCUT2D eigenvalue weighted by molar-refractivity contribution is -0.127. The summed E-state index contributed by atoms with van der Waals surface area (Å²) < 4.78 is 7.87. The van der Waals surface area contributed by atoms with E-state index in [4.69, 9.17) is 4.74 Å². The zero-order valence-electron chi connectivity index (χ0n) is 20.5. The Morgan fingerprint density at radius 3 is 2.91 bits per heavy atom. The van der Waals surface area contributed by atoms with Crippen LogP contribution in [-0.4, -0.2) is 22.2 Å². The highest BCUT2D eigenvalue weighted by Crippen LogP contribution is 2.60. The molecule has 0 aliphatic heterocycles. The van der Waals surface area contributed by atoms with E-state index in [1.165, 1.54) is 36.8 Å². The summed E-state index contributed by atoms with van der Waals surface area (Å²) in [6, 6.07) is 6.81. The second-order valence-electron chi connectivity index (χ2n) is 10.8. The molecule has 0 spiro atoms. The van der Waals surface area contributed by atoms with Gasteiger partial charge >= 0.3 is 0 Å². The molecule has 2 aromatic rings. The van der Waals surface area contributed by atoms with Crippen molar-refractivity contribution in [2.75, 3.05) is 6.61 Å². The van der Waals surface area contributed by atoms with Gasteiger partial charge in [-0.1, -0.05) is 39.2 Å². The van der Waals surface area contributed by atoms with Gasteiger partial charge in [-0.3, -0.25) is 9.48 Å². The van der Waals surface area contributed by atoms with Crippen LogP contribution in [0, 0.1) is 17.3 Å². The molecule has 0 radical (unpaired) electrons. The standard InChI is InChI=1S/C29H38N2O2/c1-4-5-6-7-14-33-23-9-11-24-21(16-23)8-10-26-25(24)12-13-29(2)27(26)17-22(28(29)32)15-20-18-30-31(3)19-20/h9,11,15-16,18-19,25-27H,4-8,10,12-14,17H2,1-3H3/b22-15+/t25-,26-,27-,29+/m1/s1. The number of ether oxygens (including phenoxy) is 1. The molecule has 0 unspecified atom stereocenters. The van der Waals surface area contributed by atoms with Gasteiger partial charge in [-0.15, -0.1) is 0 Å². The quantitative estimate of drug-likeness (QED) is 0.360. The van der Waals surface area contributed by atoms with E-state index in [-0.39, 0.29) is 5.41 Å². The third kappa shape index (κ3) is 4.18. The molecule has 176 valence electrons. The Labute approximate surface area is 198 Å². The molecule has 1 aromatic carbocycles. The Morgan fingerprint density at radius 2 is 2.12 bits per heavy atom. The summed E-state index contributed by atoms with van der Waals surface area (Å²) in [4.78, 5) is 13.5. The maximum atomic E-state index is 13.5. The highest BCUT2D eigenvalue weighted by Gasteiger charge is 2.56. The molecule has 4 nitrogen and oxygen atoms in total. The zero-order chi connectivity index (χ0) is 23.0. The number of benzene rings is 1. The van der Waals surface area contributed by atoms with E-state index >= 15 is 0 Å². The summed E-state index contributed by atoms with van der Waals surface area (Å²) in [7, 11) is 1.92. The van der Waals surface area contributed by atoms with Crippen LogP contribution in [0.3, 0.4) is 0 Å². The third-order valence-corrected chi connectivity index (χ3v) is 8.67. The molecule has 3 aliphatic carbocycles. The normalized spacial score (nSPS) is 29.6. The average molecular weight is 447 g/mol. The van der Waals surface area contributed by atoms with Gasteiger partial charge in [-0.2, -0.15) is 5.10 Å². The molecule has 2 saturated carbocycles. The fourth-order valence-corrected chi connectivity index (χ4v) is 6.88. The minimum Gasteiger partial charge on any atom is -0.494 e. The zero-order valence-corrected chi connectivity index (χ0v) is 20.5. The van der Waals surface area contributed by atoms with Crippen LogP contribution in [0.2, 0.25) is 0 Å². The Balaban J connectivity index is 1.32. The van der Waals surface area contributed by atoms with Crippen LogP contribution in [0.4, 0.5) is 0 Å². The third-order valence-electron chi connectivity index (χ3n) is 8.67. The maximum absolute atomic E-state index is 13.5. The predicted molar refractivity (Wildman–Crippen MR) is 132 cm³/mol. The van der Waals surface area contributed by atoms with Crippen molar-refractivity contribution in [3.05, 3.63) is 52.9 Å². The predicted octanol–water partition coefficient (Wildman–Crippen LogP) is 6.50. The molecule has 0 bridgehead atoms. The van der Waals surface area contributed by atoms with Crippen LogP contribution in [-0.2, 0) is 18.3 Å². The van der Waals surface area contributed by atoms with Crippen molar-refractivity contribution in [2.24, 2.45) is 24.3 Å². The largest absolute Gasteiger partial charge is 0.494 e. The maximum Gasteiger partial charge on any atom is 0.165 e. The Morgan fingerprint density at radius 1 is 1.24 bits per heavy atom. The van der Waals surface area contributed by atoms with E-state index in [1.807, 2.05) is 19.4 Å². The Hall–Kier alpha value is -2.36. The average Bonchev–Trinajstić information content (AvgIpc) is 3.34. The Kier molecular flexibility index (Phi) is 6.20. The minimum atomic E-state index is -0.200. The van der Waals surface area contributed by atoms with E-state index in [0.29, 0.717) is 23.5 Å². The molecule has 3 aliphatic rings. The van der Waals surface area contributed by atoms with E-state index in [2.05, 4.69) is 43.2 Å². The number of Topliss-reactive ketones (excluding diaryl/α,β-unsaturated/α-hetero) is 1. The van der Waals surface area contributed by atoms with Crippen molar-refractivity contribution in [3.63, 3.8) is 0 Å². The van der Waals surface area contributed by atoms with Crippen LogP contribution in [0.5, 0.6) is 5.75 Å². The lowest BCUT2D eigenvalue weighted by Crippen LogP contribution is -2.42. The number of rotatable bonds is 7. The van der Waals surface area contributed by atoms with Gasteiger partial charge < -0.3 is 4.74 Å². The topological polar surface area (TPSA) is 44.1 Å². The number of carbonyl (C=O) groups is 1. The number of ketones is 1. The van der Waals surface area contributed by atoms with Crippen molar-refractivity contribution in [1.29, 1.82) is 0 Å². The fourth-order valence-electron chi connectivity index (χ4n) is 6.88. The van der Waals surface area contributed by atoms with Crippen molar-refractivity contribution in [2.45, 2.75) is 77.6 Å². The lowest BCUT2D eigenvalue weighted by Gasteiger charge is -2.48. The summed E-state index contributed by atoms with van der Waals surface area (Å²) in [5.41, 5.74) is 4.84. The number of nitrogens with zero attached hydrogens (tertiary/aromatic N) is 2. The first kappa shape index (κ1) is 22.4. The molecule has 2 fully saturated rings. The van der Waals surface area contributed by atoms with Gasteiger partial charge in [-0.05, 0) is 91.2 Å². The van der Waals surface area contributed by atoms with Crippen LogP contribution < -0.4 is 4.74 Å². The number of allylic oxidation sites excluding steroid dienone is 1. The van der Waals surface area contributed by atoms with Crippen molar-refractivity contribution in [3.8, 4) is 5.75 Å². The second kappa shape index (κ2) is 9.12. The SMILES string of the molecule is CCCCCCOc1ccc2c(c1)CC[C@@H]1[C@@H]2CC[C@]2(C)C(=O)/C(=C/c3cnn(C)c3)C[C@H]12. The fraction of sp³-hybridized carbons (Fsp3) is 0.586. The number of fused-ring (bicyclic) bond motifs is 5. The van der Waals surface area contributed by atoms with E-state index < -0.39 is 0 Å². The van der Waals surface area contributed by atoms with Gasteiger partial charge in [0, 0.05) is 24.2 Å². The number of unbranched alkanes of at least 4 members (excludes halogenated alkanes) is 3. The summed E-state index contributed by atoms with van der Waals surface area (Å²) >= 11 is 0. The number of aromatic nitrogens is 2. The molecule has 4 heteroatoms. The second-order valence-corrected chi connectivity index (χ2v) is 10.8. The highest BCUT2D eigenvalue weighted by atomic mass is 16.5. The molecule has 0 saturated heterocycles. The number of hydrogen-bond donors (Lipinski definition) is 0. The van der Waals surface area contributed by atoms with Gasteiger partial charge in [0.05, 0.1) is 12.8 Å². The molecule has 1 aromatic heterocycles.